The highest BCUT2D eigenvalue weighted by atomic mass is 32.2. The number of nitrogens with zero attached hydrogens (tertiary/aromatic N) is 3. The number of amides is 1. The van der Waals surface area contributed by atoms with E-state index in [0.717, 1.165) is 32.1 Å². The second-order valence-corrected chi connectivity index (χ2v) is 8.83. The lowest BCUT2D eigenvalue weighted by Crippen LogP contribution is -2.32. The van der Waals surface area contributed by atoms with Crippen LogP contribution in [0.15, 0.2) is 53.7 Å². The molecule has 2 aliphatic rings. The molecule has 1 atom stereocenters. The third-order valence-electron chi connectivity index (χ3n) is 5.73. The molecule has 30 heavy (non-hydrogen) atoms. The molecule has 1 saturated carbocycles. The summed E-state index contributed by atoms with van der Waals surface area (Å²) in [6.07, 6.45) is 5.16. The molecular formula is C23H23FN4OS. The molecule has 2 aliphatic carbocycles. The summed E-state index contributed by atoms with van der Waals surface area (Å²) in [5, 5.41) is 12.4. The molecule has 0 saturated heterocycles. The first-order chi connectivity index (χ1) is 14.7. The van der Waals surface area contributed by atoms with Gasteiger partial charge >= 0.3 is 0 Å². The molecule has 1 heterocycles. The van der Waals surface area contributed by atoms with Crippen molar-refractivity contribution in [1.82, 2.24) is 20.1 Å². The number of thioether (sulfide) groups is 1. The van der Waals surface area contributed by atoms with E-state index in [4.69, 9.17) is 0 Å². The number of aromatic nitrogens is 3. The molecule has 0 unspecified atom stereocenters. The van der Waals surface area contributed by atoms with Gasteiger partial charge < -0.3 is 5.32 Å². The third-order valence-corrected chi connectivity index (χ3v) is 6.67. The Morgan fingerprint density at radius 1 is 1.10 bits per heavy atom. The first kappa shape index (κ1) is 19.3. The van der Waals surface area contributed by atoms with Crippen molar-refractivity contribution in [3.8, 4) is 11.4 Å². The summed E-state index contributed by atoms with van der Waals surface area (Å²) in [4.78, 5) is 12.7. The first-order valence-electron chi connectivity index (χ1n) is 10.4. The Kier molecular flexibility index (Phi) is 5.29. The Labute approximate surface area is 179 Å². The van der Waals surface area contributed by atoms with Gasteiger partial charge in [0.05, 0.1) is 17.4 Å². The molecule has 1 fully saturated rings. The van der Waals surface area contributed by atoms with Gasteiger partial charge in [-0.3, -0.25) is 9.36 Å². The number of halogens is 1. The number of aryl methyl sites for hydroxylation is 1. The van der Waals surface area contributed by atoms with E-state index in [1.54, 1.807) is 18.2 Å². The molecule has 5 nitrogen and oxygen atoms in total. The Bertz CT molecular complexity index is 1080. The van der Waals surface area contributed by atoms with Crippen molar-refractivity contribution < 1.29 is 9.18 Å². The molecule has 2 aromatic carbocycles. The maximum absolute atomic E-state index is 14.3. The van der Waals surface area contributed by atoms with Crippen LogP contribution in [-0.4, -0.2) is 26.4 Å². The largest absolute Gasteiger partial charge is 0.349 e. The summed E-state index contributed by atoms with van der Waals surface area (Å²) in [5.74, 6) is 0.483. The smallest absolute Gasteiger partial charge is 0.230 e. The SMILES string of the molecule is O=C(CSc1nnc(-c2ccccc2F)n1C1CC1)N[C@H]1CCCc2ccccc21. The van der Waals surface area contributed by atoms with Gasteiger partial charge in [0.1, 0.15) is 5.82 Å². The number of rotatable bonds is 6. The van der Waals surface area contributed by atoms with E-state index in [1.165, 1.54) is 29.0 Å². The number of carbonyl (C=O) groups is 1. The minimum absolute atomic E-state index is 0.0144. The quantitative estimate of drug-likeness (QED) is 0.585. The highest BCUT2D eigenvalue weighted by Crippen LogP contribution is 2.41. The standard InChI is InChI=1S/C23H23FN4OS/c24-19-10-4-3-9-18(19)22-26-27-23(28(22)16-12-13-16)30-14-21(29)25-20-11-5-7-15-6-1-2-8-17(15)20/h1-4,6,8-10,16,20H,5,7,11-14H2,(H,25,29)/t20-/m0/s1. The van der Waals surface area contributed by atoms with E-state index in [2.05, 4.69) is 33.7 Å². The van der Waals surface area contributed by atoms with Crippen LogP contribution in [0.25, 0.3) is 11.4 Å². The van der Waals surface area contributed by atoms with Gasteiger partial charge in [-0.1, -0.05) is 48.2 Å². The summed E-state index contributed by atoms with van der Waals surface area (Å²) in [7, 11) is 0. The Morgan fingerprint density at radius 2 is 1.90 bits per heavy atom. The molecule has 1 aromatic heterocycles. The molecule has 0 radical (unpaired) electrons. The number of fused-ring (bicyclic) bond motifs is 1. The second kappa shape index (κ2) is 8.22. The van der Waals surface area contributed by atoms with Crippen LogP contribution >= 0.6 is 11.8 Å². The fourth-order valence-corrected chi connectivity index (χ4v) is 4.95. The van der Waals surface area contributed by atoms with Gasteiger partial charge in [-0.05, 0) is 55.4 Å². The zero-order valence-corrected chi connectivity index (χ0v) is 17.4. The second-order valence-electron chi connectivity index (χ2n) is 7.89. The van der Waals surface area contributed by atoms with E-state index in [1.807, 2.05) is 10.6 Å². The maximum Gasteiger partial charge on any atom is 0.230 e. The highest BCUT2D eigenvalue weighted by Gasteiger charge is 2.31. The van der Waals surface area contributed by atoms with Crippen molar-refractivity contribution in [2.24, 2.45) is 0 Å². The highest BCUT2D eigenvalue weighted by molar-refractivity contribution is 7.99. The normalized spacial score (nSPS) is 18.1. The lowest BCUT2D eigenvalue weighted by molar-refractivity contribution is -0.119. The summed E-state index contributed by atoms with van der Waals surface area (Å²) < 4.78 is 16.3. The van der Waals surface area contributed by atoms with Crippen molar-refractivity contribution in [1.29, 1.82) is 0 Å². The molecule has 1 amide bonds. The zero-order valence-electron chi connectivity index (χ0n) is 16.6. The van der Waals surface area contributed by atoms with Gasteiger partial charge in [0.15, 0.2) is 11.0 Å². The number of nitrogens with one attached hydrogen (secondary N) is 1. The molecule has 0 bridgehead atoms. The van der Waals surface area contributed by atoms with E-state index >= 15 is 0 Å². The number of hydrogen-bond donors (Lipinski definition) is 1. The minimum Gasteiger partial charge on any atom is -0.349 e. The van der Waals surface area contributed by atoms with Gasteiger partial charge in [0.25, 0.3) is 0 Å². The Balaban J connectivity index is 1.29. The van der Waals surface area contributed by atoms with Crippen molar-refractivity contribution >= 4 is 17.7 Å². The monoisotopic (exact) mass is 422 g/mol. The van der Waals surface area contributed by atoms with Crippen LogP contribution in [0.4, 0.5) is 4.39 Å². The van der Waals surface area contributed by atoms with Crippen LogP contribution in [0, 0.1) is 5.82 Å². The molecule has 7 heteroatoms. The fourth-order valence-electron chi connectivity index (χ4n) is 4.13. The van der Waals surface area contributed by atoms with Crippen molar-refractivity contribution in [2.75, 3.05) is 5.75 Å². The van der Waals surface area contributed by atoms with Crippen LogP contribution in [0.5, 0.6) is 0 Å². The van der Waals surface area contributed by atoms with Crippen LogP contribution in [-0.2, 0) is 11.2 Å². The average molecular weight is 423 g/mol. The van der Waals surface area contributed by atoms with E-state index in [-0.39, 0.29) is 29.6 Å². The van der Waals surface area contributed by atoms with Gasteiger partial charge in [0, 0.05) is 6.04 Å². The van der Waals surface area contributed by atoms with Gasteiger partial charge in [0.2, 0.25) is 5.91 Å². The third kappa shape index (κ3) is 3.86. The summed E-state index contributed by atoms with van der Waals surface area (Å²) in [6.45, 7) is 0. The first-order valence-corrected chi connectivity index (χ1v) is 11.4. The van der Waals surface area contributed by atoms with Crippen LogP contribution in [0.3, 0.4) is 0 Å². The molecule has 1 N–H and O–H groups in total. The van der Waals surface area contributed by atoms with Crippen molar-refractivity contribution in [3.63, 3.8) is 0 Å². The summed E-state index contributed by atoms with van der Waals surface area (Å²) in [5.41, 5.74) is 3.00. The number of benzene rings is 2. The lowest BCUT2D eigenvalue weighted by Gasteiger charge is -2.26. The maximum atomic E-state index is 14.3. The Morgan fingerprint density at radius 3 is 2.73 bits per heavy atom. The van der Waals surface area contributed by atoms with Gasteiger partial charge in [-0.2, -0.15) is 0 Å². The van der Waals surface area contributed by atoms with Crippen LogP contribution in [0.1, 0.15) is 48.9 Å². The van der Waals surface area contributed by atoms with E-state index in [9.17, 15) is 9.18 Å². The molecule has 0 aliphatic heterocycles. The fraction of sp³-hybridized carbons (Fsp3) is 0.348. The predicted molar refractivity (Wildman–Crippen MR) is 115 cm³/mol. The summed E-state index contributed by atoms with van der Waals surface area (Å²) >= 11 is 1.37. The van der Waals surface area contributed by atoms with Crippen molar-refractivity contribution in [2.45, 2.75) is 49.3 Å². The molecular weight excluding hydrogens is 399 g/mol. The topological polar surface area (TPSA) is 59.8 Å². The van der Waals surface area contributed by atoms with Crippen molar-refractivity contribution in [3.05, 3.63) is 65.5 Å². The predicted octanol–water partition coefficient (Wildman–Crippen LogP) is 4.71. The zero-order chi connectivity index (χ0) is 20.5. The van der Waals surface area contributed by atoms with Gasteiger partial charge in [-0.15, -0.1) is 10.2 Å². The number of hydrogen-bond acceptors (Lipinski definition) is 4. The van der Waals surface area contributed by atoms with Crippen LogP contribution in [0.2, 0.25) is 0 Å². The van der Waals surface area contributed by atoms with E-state index in [0.29, 0.717) is 16.5 Å². The lowest BCUT2D eigenvalue weighted by atomic mass is 9.88. The van der Waals surface area contributed by atoms with Crippen LogP contribution < -0.4 is 5.32 Å². The molecule has 0 spiro atoms. The van der Waals surface area contributed by atoms with E-state index < -0.39 is 0 Å². The Hall–Kier alpha value is -2.67. The molecule has 154 valence electrons. The average Bonchev–Trinajstić information content (AvgIpc) is 3.52. The number of carbonyl (C=O) groups excluding carboxylic acids is 1. The van der Waals surface area contributed by atoms with Gasteiger partial charge in [-0.25, -0.2) is 4.39 Å². The molecule has 5 rings (SSSR count). The summed E-state index contributed by atoms with van der Waals surface area (Å²) in [6, 6.07) is 15.3. The minimum atomic E-state index is -0.308. The molecule has 3 aromatic rings.